The molecule has 4 fully saturated rings. The average molecular weight is 380 g/mol. The maximum atomic E-state index is 11.5. The van der Waals surface area contributed by atoms with Crippen molar-refractivity contribution < 1.29 is 10.2 Å². The quantitative estimate of drug-likeness (QED) is 0.668. The Morgan fingerprint density at radius 3 is 2.75 bits per heavy atom. The van der Waals surface area contributed by atoms with Gasteiger partial charge in [-0.1, -0.05) is 30.4 Å². The number of rotatable bonds is 3. The number of para-hydroxylation sites is 1. The summed E-state index contributed by atoms with van der Waals surface area (Å²) in [5.41, 5.74) is 2.32. The standard InChI is InChI=1S/C25H33NO2/c1-15(12-18-13-16-6-4-5-7-22(16)26-18)20-14-17-8-9-19(20)23-21(25(17,3)28)10-11-24(23,2)27/h4-7,13,17,19-21,23,26-28H,1,8-12,14H2,2-3H3. The highest BCUT2D eigenvalue weighted by Crippen LogP contribution is 2.61. The third kappa shape index (κ3) is 2.70. The number of fused-ring (bicyclic) bond motifs is 3. The molecule has 3 heteroatoms. The van der Waals surface area contributed by atoms with Crippen LogP contribution in [-0.2, 0) is 6.42 Å². The van der Waals surface area contributed by atoms with Crippen LogP contribution in [0.3, 0.4) is 0 Å². The molecule has 2 aromatic rings. The zero-order chi connectivity index (χ0) is 19.7. The minimum absolute atomic E-state index is 0.180. The SMILES string of the molecule is C=C(Cc1cc2ccccc2[nH]1)C1CC2CCC1C1C(CCC1(C)O)C2(C)O. The summed E-state index contributed by atoms with van der Waals surface area (Å²) in [6.45, 7) is 8.58. The van der Waals surface area contributed by atoms with Crippen molar-refractivity contribution in [1.82, 2.24) is 4.98 Å². The molecule has 7 unspecified atom stereocenters. The smallest absolute Gasteiger partial charge is 0.0679 e. The molecule has 4 aliphatic carbocycles. The second-order valence-electron chi connectivity index (χ2n) is 10.3. The predicted molar refractivity (Wildman–Crippen MR) is 113 cm³/mol. The molecule has 2 bridgehead atoms. The van der Waals surface area contributed by atoms with E-state index in [4.69, 9.17) is 0 Å². The Hall–Kier alpha value is -1.58. The van der Waals surface area contributed by atoms with Gasteiger partial charge in [0.05, 0.1) is 11.2 Å². The zero-order valence-corrected chi connectivity index (χ0v) is 17.1. The average Bonchev–Trinajstić information content (AvgIpc) is 3.15. The van der Waals surface area contributed by atoms with Crippen molar-refractivity contribution in [3.63, 3.8) is 0 Å². The van der Waals surface area contributed by atoms with E-state index in [1.165, 1.54) is 22.2 Å². The van der Waals surface area contributed by atoms with Crippen LogP contribution < -0.4 is 0 Å². The summed E-state index contributed by atoms with van der Waals surface area (Å²) in [5, 5.41) is 23.9. The number of H-pyrrole nitrogens is 1. The first-order chi connectivity index (χ1) is 13.3. The Kier molecular flexibility index (Phi) is 4.09. The van der Waals surface area contributed by atoms with Crippen molar-refractivity contribution in [3.05, 3.63) is 48.2 Å². The molecule has 0 aliphatic heterocycles. The zero-order valence-electron chi connectivity index (χ0n) is 17.1. The van der Waals surface area contributed by atoms with Crippen LogP contribution in [0.25, 0.3) is 10.9 Å². The Balaban J connectivity index is 1.45. The summed E-state index contributed by atoms with van der Waals surface area (Å²) in [4.78, 5) is 3.54. The fourth-order valence-electron chi connectivity index (χ4n) is 7.17. The van der Waals surface area contributed by atoms with Crippen LogP contribution in [0.2, 0.25) is 0 Å². The minimum atomic E-state index is -0.671. The second-order valence-corrected chi connectivity index (χ2v) is 10.3. The van der Waals surface area contributed by atoms with Gasteiger partial charge in [-0.05, 0) is 93.1 Å². The molecule has 1 aromatic carbocycles. The number of aromatic amines is 1. The fraction of sp³-hybridized carbons (Fsp3) is 0.600. The first-order valence-corrected chi connectivity index (χ1v) is 11.0. The van der Waals surface area contributed by atoms with Crippen LogP contribution in [0, 0.1) is 29.6 Å². The molecule has 3 N–H and O–H groups in total. The number of hydrogen-bond donors (Lipinski definition) is 3. The minimum Gasteiger partial charge on any atom is -0.390 e. The summed E-state index contributed by atoms with van der Waals surface area (Å²) in [6.07, 6.45) is 5.80. The summed E-state index contributed by atoms with van der Waals surface area (Å²) >= 11 is 0. The topological polar surface area (TPSA) is 56.2 Å². The van der Waals surface area contributed by atoms with E-state index in [1.807, 2.05) is 13.8 Å². The lowest BCUT2D eigenvalue weighted by atomic mass is 9.65. The predicted octanol–water partition coefficient (Wildman–Crippen LogP) is 4.84. The van der Waals surface area contributed by atoms with Gasteiger partial charge < -0.3 is 15.2 Å². The van der Waals surface area contributed by atoms with E-state index >= 15 is 0 Å². The van der Waals surface area contributed by atoms with E-state index in [-0.39, 0.29) is 11.8 Å². The molecule has 150 valence electrons. The van der Waals surface area contributed by atoms with Gasteiger partial charge in [0.1, 0.15) is 0 Å². The van der Waals surface area contributed by atoms with Gasteiger partial charge in [-0.15, -0.1) is 0 Å². The number of benzene rings is 1. The molecule has 28 heavy (non-hydrogen) atoms. The largest absolute Gasteiger partial charge is 0.390 e. The number of aromatic nitrogens is 1. The van der Waals surface area contributed by atoms with Gasteiger partial charge in [-0.3, -0.25) is 0 Å². The number of nitrogens with one attached hydrogen (secondary N) is 1. The number of hydrogen-bond acceptors (Lipinski definition) is 2. The van der Waals surface area contributed by atoms with E-state index in [9.17, 15) is 10.2 Å². The molecule has 0 radical (unpaired) electrons. The molecule has 4 saturated carbocycles. The first-order valence-electron chi connectivity index (χ1n) is 11.0. The molecule has 4 aliphatic rings. The Morgan fingerprint density at radius 1 is 1.18 bits per heavy atom. The van der Waals surface area contributed by atoms with E-state index < -0.39 is 11.2 Å². The highest BCUT2D eigenvalue weighted by Gasteiger charge is 2.61. The van der Waals surface area contributed by atoms with Gasteiger partial charge in [0.25, 0.3) is 0 Å². The number of allylic oxidation sites excluding steroid dienone is 1. The fourth-order valence-corrected chi connectivity index (χ4v) is 7.17. The molecule has 0 amide bonds. The van der Waals surface area contributed by atoms with Crippen molar-refractivity contribution in [3.8, 4) is 0 Å². The van der Waals surface area contributed by atoms with Gasteiger partial charge in [0, 0.05) is 17.6 Å². The van der Waals surface area contributed by atoms with Crippen molar-refractivity contribution >= 4 is 10.9 Å². The van der Waals surface area contributed by atoms with Crippen molar-refractivity contribution in [2.75, 3.05) is 0 Å². The van der Waals surface area contributed by atoms with Crippen LogP contribution in [0.15, 0.2) is 42.5 Å². The van der Waals surface area contributed by atoms with Gasteiger partial charge in [-0.25, -0.2) is 0 Å². The summed E-state index contributed by atoms with van der Waals surface area (Å²) in [5.74, 6) is 1.53. The van der Waals surface area contributed by atoms with Crippen LogP contribution in [0.4, 0.5) is 0 Å². The van der Waals surface area contributed by atoms with E-state index in [1.54, 1.807) is 0 Å². The molecule has 6 rings (SSSR count). The first kappa shape index (κ1) is 18.4. The van der Waals surface area contributed by atoms with Gasteiger partial charge in [0.2, 0.25) is 0 Å². The number of aliphatic hydroxyl groups is 2. The van der Waals surface area contributed by atoms with Crippen LogP contribution in [0.5, 0.6) is 0 Å². The Morgan fingerprint density at radius 2 is 1.96 bits per heavy atom. The molecule has 3 nitrogen and oxygen atoms in total. The highest BCUT2D eigenvalue weighted by atomic mass is 16.3. The van der Waals surface area contributed by atoms with Crippen LogP contribution >= 0.6 is 0 Å². The monoisotopic (exact) mass is 379 g/mol. The van der Waals surface area contributed by atoms with Crippen LogP contribution in [-0.4, -0.2) is 26.4 Å². The van der Waals surface area contributed by atoms with E-state index in [2.05, 4.69) is 41.9 Å². The molecule has 0 saturated heterocycles. The van der Waals surface area contributed by atoms with Crippen molar-refractivity contribution in [2.24, 2.45) is 29.6 Å². The molecular formula is C25H33NO2. The van der Waals surface area contributed by atoms with Crippen molar-refractivity contribution in [1.29, 1.82) is 0 Å². The maximum Gasteiger partial charge on any atom is 0.0679 e. The maximum absolute atomic E-state index is 11.5. The molecule has 1 heterocycles. The summed E-state index contributed by atoms with van der Waals surface area (Å²) in [7, 11) is 0. The normalized spacial score (nSPS) is 42.5. The van der Waals surface area contributed by atoms with E-state index in [0.29, 0.717) is 17.8 Å². The third-order valence-electron chi connectivity index (χ3n) is 8.58. The van der Waals surface area contributed by atoms with E-state index in [0.717, 1.165) is 38.5 Å². The van der Waals surface area contributed by atoms with Gasteiger partial charge >= 0.3 is 0 Å². The van der Waals surface area contributed by atoms with Crippen molar-refractivity contribution in [2.45, 2.75) is 63.6 Å². The Bertz CT molecular complexity index is 875. The summed E-state index contributed by atoms with van der Waals surface area (Å²) in [6, 6.07) is 10.6. The molecular weight excluding hydrogens is 346 g/mol. The molecule has 0 spiro atoms. The lowest BCUT2D eigenvalue weighted by molar-refractivity contribution is -0.0780. The van der Waals surface area contributed by atoms with Gasteiger partial charge in [0.15, 0.2) is 0 Å². The molecule has 7 atom stereocenters. The Labute approximate surface area is 167 Å². The van der Waals surface area contributed by atoms with Crippen LogP contribution in [0.1, 0.15) is 51.6 Å². The lowest BCUT2D eigenvalue weighted by Crippen LogP contribution is -2.44. The lowest BCUT2D eigenvalue weighted by Gasteiger charge is -2.41. The third-order valence-corrected chi connectivity index (χ3v) is 8.58. The summed E-state index contributed by atoms with van der Waals surface area (Å²) < 4.78 is 0. The second kappa shape index (κ2) is 6.21. The molecule has 1 aromatic heterocycles. The highest BCUT2D eigenvalue weighted by molar-refractivity contribution is 5.80. The van der Waals surface area contributed by atoms with Gasteiger partial charge in [-0.2, -0.15) is 0 Å².